The Bertz CT molecular complexity index is 833. The monoisotopic (exact) mass is 346 g/mol. The van der Waals surface area contributed by atoms with E-state index in [1.165, 1.54) is 0 Å². The van der Waals surface area contributed by atoms with Crippen molar-refractivity contribution in [2.75, 3.05) is 23.8 Å². The Morgan fingerprint density at radius 2 is 1.73 bits per heavy atom. The molecule has 0 radical (unpaired) electrons. The Morgan fingerprint density at radius 3 is 2.46 bits per heavy atom. The lowest BCUT2D eigenvalue weighted by atomic mass is 10.1. The molecular weight excluding hydrogens is 324 g/mol. The molecular formula is C21H22N4O. The van der Waals surface area contributed by atoms with Crippen LogP contribution in [0.5, 0.6) is 0 Å². The largest absolute Gasteiger partial charge is 0.376 e. The number of anilines is 3. The van der Waals surface area contributed by atoms with Gasteiger partial charge in [-0.2, -0.15) is 4.98 Å². The first-order valence-corrected chi connectivity index (χ1v) is 8.99. The Labute approximate surface area is 153 Å². The van der Waals surface area contributed by atoms with Gasteiger partial charge >= 0.3 is 0 Å². The highest BCUT2D eigenvalue weighted by molar-refractivity contribution is 5.67. The van der Waals surface area contributed by atoms with Crippen LogP contribution in [-0.4, -0.2) is 29.2 Å². The van der Waals surface area contributed by atoms with E-state index < -0.39 is 0 Å². The predicted octanol–water partition coefficient (Wildman–Crippen LogP) is 4.48. The first-order chi connectivity index (χ1) is 12.9. The maximum absolute atomic E-state index is 5.68. The summed E-state index contributed by atoms with van der Waals surface area (Å²) in [6.45, 7) is 1.57. The van der Waals surface area contributed by atoms with E-state index in [1.54, 1.807) is 0 Å². The van der Waals surface area contributed by atoms with Gasteiger partial charge in [0.15, 0.2) is 0 Å². The fraction of sp³-hybridized carbons (Fsp3) is 0.238. The molecule has 1 aromatic heterocycles. The quantitative estimate of drug-likeness (QED) is 0.689. The summed E-state index contributed by atoms with van der Waals surface area (Å²) in [7, 11) is 0. The van der Waals surface area contributed by atoms with Crippen molar-refractivity contribution >= 4 is 17.5 Å². The summed E-state index contributed by atoms with van der Waals surface area (Å²) in [5, 5.41) is 6.70. The van der Waals surface area contributed by atoms with Gasteiger partial charge in [-0.1, -0.05) is 48.5 Å². The van der Waals surface area contributed by atoms with Crippen molar-refractivity contribution in [3.8, 4) is 11.3 Å². The molecule has 1 fully saturated rings. The highest BCUT2D eigenvalue weighted by Crippen LogP contribution is 2.24. The number of nitrogens with one attached hydrogen (secondary N) is 2. The number of hydrogen-bond acceptors (Lipinski definition) is 5. The molecule has 132 valence electrons. The second kappa shape index (κ2) is 7.97. The lowest BCUT2D eigenvalue weighted by Crippen LogP contribution is -2.20. The maximum atomic E-state index is 5.68. The van der Waals surface area contributed by atoms with Crippen molar-refractivity contribution in [1.82, 2.24) is 9.97 Å². The van der Waals surface area contributed by atoms with Crippen LogP contribution in [0.4, 0.5) is 17.5 Å². The van der Waals surface area contributed by atoms with Crippen LogP contribution in [0.15, 0.2) is 66.7 Å². The van der Waals surface area contributed by atoms with Gasteiger partial charge in [0.25, 0.3) is 0 Å². The molecule has 0 spiro atoms. The lowest BCUT2D eigenvalue weighted by Gasteiger charge is -2.14. The SMILES string of the molecule is c1ccc(Nc2cc(-c3ccccc3)nc(NCC3CCCO3)n2)cc1. The number of hydrogen-bond donors (Lipinski definition) is 2. The van der Waals surface area contributed by atoms with Crippen LogP contribution in [0.1, 0.15) is 12.8 Å². The maximum Gasteiger partial charge on any atom is 0.225 e. The highest BCUT2D eigenvalue weighted by Gasteiger charge is 2.16. The van der Waals surface area contributed by atoms with E-state index in [-0.39, 0.29) is 6.10 Å². The third-order valence-electron chi connectivity index (χ3n) is 4.35. The van der Waals surface area contributed by atoms with Crippen molar-refractivity contribution in [2.24, 2.45) is 0 Å². The van der Waals surface area contributed by atoms with Gasteiger partial charge in [0.05, 0.1) is 11.8 Å². The molecule has 2 N–H and O–H groups in total. The van der Waals surface area contributed by atoms with Crippen molar-refractivity contribution in [2.45, 2.75) is 18.9 Å². The number of nitrogens with zero attached hydrogens (tertiary/aromatic N) is 2. The molecule has 0 aliphatic carbocycles. The molecule has 4 rings (SSSR count). The summed E-state index contributed by atoms with van der Waals surface area (Å²) < 4.78 is 5.68. The van der Waals surface area contributed by atoms with Crippen LogP contribution in [0.2, 0.25) is 0 Å². The molecule has 2 heterocycles. The molecule has 1 unspecified atom stereocenters. The van der Waals surface area contributed by atoms with E-state index in [0.29, 0.717) is 5.95 Å². The Kier molecular flexibility index (Phi) is 5.07. The zero-order valence-electron chi connectivity index (χ0n) is 14.6. The van der Waals surface area contributed by atoms with E-state index in [1.807, 2.05) is 54.6 Å². The van der Waals surface area contributed by atoms with Crippen LogP contribution >= 0.6 is 0 Å². The third-order valence-corrected chi connectivity index (χ3v) is 4.35. The Balaban J connectivity index is 1.60. The molecule has 0 bridgehead atoms. The van der Waals surface area contributed by atoms with Gasteiger partial charge in [0.2, 0.25) is 5.95 Å². The molecule has 5 nitrogen and oxygen atoms in total. The summed E-state index contributed by atoms with van der Waals surface area (Å²) in [5.74, 6) is 1.38. The number of ether oxygens (including phenoxy) is 1. The minimum atomic E-state index is 0.240. The van der Waals surface area contributed by atoms with Crippen molar-refractivity contribution < 1.29 is 4.74 Å². The van der Waals surface area contributed by atoms with Crippen LogP contribution in [0.3, 0.4) is 0 Å². The number of rotatable bonds is 6. The van der Waals surface area contributed by atoms with Crippen molar-refractivity contribution in [3.05, 3.63) is 66.7 Å². The minimum absolute atomic E-state index is 0.240. The van der Waals surface area contributed by atoms with Gasteiger partial charge in [-0.25, -0.2) is 4.98 Å². The average molecular weight is 346 g/mol. The normalized spacial score (nSPS) is 16.4. The molecule has 26 heavy (non-hydrogen) atoms. The van der Waals surface area contributed by atoms with Crippen LogP contribution in [-0.2, 0) is 4.74 Å². The molecule has 1 aliphatic heterocycles. The topological polar surface area (TPSA) is 59.1 Å². The molecule has 0 amide bonds. The summed E-state index contributed by atoms with van der Waals surface area (Å²) in [4.78, 5) is 9.31. The number of benzene rings is 2. The highest BCUT2D eigenvalue weighted by atomic mass is 16.5. The number of para-hydroxylation sites is 1. The van der Waals surface area contributed by atoms with Crippen molar-refractivity contribution in [3.63, 3.8) is 0 Å². The van der Waals surface area contributed by atoms with E-state index in [2.05, 4.69) is 32.7 Å². The zero-order valence-corrected chi connectivity index (χ0v) is 14.6. The van der Waals surface area contributed by atoms with E-state index in [4.69, 9.17) is 4.74 Å². The first kappa shape index (κ1) is 16.5. The van der Waals surface area contributed by atoms with Gasteiger partial charge in [-0.05, 0) is 25.0 Å². The predicted molar refractivity (Wildman–Crippen MR) is 105 cm³/mol. The minimum Gasteiger partial charge on any atom is -0.376 e. The van der Waals surface area contributed by atoms with Gasteiger partial charge in [0, 0.05) is 30.5 Å². The first-order valence-electron chi connectivity index (χ1n) is 8.99. The molecule has 1 atom stereocenters. The molecule has 0 saturated carbocycles. The second-order valence-corrected chi connectivity index (χ2v) is 6.34. The fourth-order valence-corrected chi connectivity index (χ4v) is 3.03. The summed E-state index contributed by atoms with van der Waals surface area (Å²) in [6, 6.07) is 22.1. The summed E-state index contributed by atoms with van der Waals surface area (Å²) in [5.41, 5.74) is 2.94. The van der Waals surface area contributed by atoms with Crippen LogP contribution < -0.4 is 10.6 Å². The molecule has 3 aromatic rings. The average Bonchev–Trinajstić information content (AvgIpc) is 3.21. The van der Waals surface area contributed by atoms with Gasteiger partial charge in [-0.3, -0.25) is 0 Å². The fourth-order valence-electron chi connectivity index (χ4n) is 3.03. The van der Waals surface area contributed by atoms with Crippen LogP contribution in [0.25, 0.3) is 11.3 Å². The zero-order chi connectivity index (χ0) is 17.6. The molecule has 5 heteroatoms. The molecule has 1 aliphatic rings. The third kappa shape index (κ3) is 4.18. The molecule has 1 saturated heterocycles. The van der Waals surface area contributed by atoms with E-state index >= 15 is 0 Å². The summed E-state index contributed by atoms with van der Waals surface area (Å²) in [6.07, 6.45) is 2.45. The van der Waals surface area contributed by atoms with E-state index in [9.17, 15) is 0 Å². The second-order valence-electron chi connectivity index (χ2n) is 6.34. The van der Waals surface area contributed by atoms with Crippen LogP contribution in [0, 0.1) is 0 Å². The lowest BCUT2D eigenvalue weighted by molar-refractivity contribution is 0.120. The Hall–Kier alpha value is -2.92. The van der Waals surface area contributed by atoms with E-state index in [0.717, 1.165) is 48.8 Å². The number of aromatic nitrogens is 2. The van der Waals surface area contributed by atoms with Crippen molar-refractivity contribution in [1.29, 1.82) is 0 Å². The van der Waals surface area contributed by atoms with Gasteiger partial charge in [-0.15, -0.1) is 0 Å². The Morgan fingerprint density at radius 1 is 0.962 bits per heavy atom. The smallest absolute Gasteiger partial charge is 0.225 e. The van der Waals surface area contributed by atoms with Gasteiger partial charge < -0.3 is 15.4 Å². The molecule has 2 aromatic carbocycles. The summed E-state index contributed by atoms with van der Waals surface area (Å²) >= 11 is 0. The standard InChI is InChI=1S/C21H22N4O/c1-3-8-16(9-4-1)19-14-20(23-17-10-5-2-6-11-17)25-21(24-19)22-15-18-12-7-13-26-18/h1-6,8-11,14,18H,7,12-13,15H2,(H2,22,23,24,25). The van der Waals surface area contributed by atoms with Gasteiger partial charge in [0.1, 0.15) is 5.82 Å².